The van der Waals surface area contributed by atoms with Gasteiger partial charge in [0.25, 0.3) is 5.56 Å². The van der Waals surface area contributed by atoms with Gasteiger partial charge in [-0.3, -0.25) is 9.59 Å². The molecule has 2 heterocycles. The monoisotopic (exact) mass is 342 g/mol. The van der Waals surface area contributed by atoms with Crippen LogP contribution in [0.1, 0.15) is 16.1 Å². The van der Waals surface area contributed by atoms with E-state index in [-0.39, 0.29) is 18.0 Å². The molecule has 0 aliphatic heterocycles. The van der Waals surface area contributed by atoms with Gasteiger partial charge in [-0.05, 0) is 26.3 Å². The smallest absolute Gasteiger partial charge is 0.294 e. The average molecular weight is 342 g/mol. The zero-order valence-electron chi connectivity index (χ0n) is 14.0. The van der Waals surface area contributed by atoms with E-state index in [2.05, 4.69) is 21.5 Å². The molecular formula is C17H18N4O2S. The maximum absolute atomic E-state index is 12.6. The molecule has 0 aliphatic rings. The highest BCUT2D eigenvalue weighted by Crippen LogP contribution is 2.31. The van der Waals surface area contributed by atoms with Gasteiger partial charge in [-0.1, -0.05) is 23.8 Å². The molecule has 0 fully saturated rings. The molecule has 0 spiro atoms. The normalized spacial score (nSPS) is 11.0. The highest BCUT2D eigenvalue weighted by molar-refractivity contribution is 7.19. The molecule has 0 saturated heterocycles. The fourth-order valence-corrected chi connectivity index (χ4v) is 3.55. The number of hydrogen-bond acceptors (Lipinski definition) is 5. The molecule has 1 N–H and O–H groups in total. The van der Waals surface area contributed by atoms with Crippen molar-refractivity contribution in [3.63, 3.8) is 0 Å². The van der Waals surface area contributed by atoms with Crippen LogP contribution in [0.15, 0.2) is 23.0 Å². The van der Waals surface area contributed by atoms with Gasteiger partial charge in [0.15, 0.2) is 5.52 Å². The molecule has 0 radical (unpaired) electrons. The van der Waals surface area contributed by atoms with Crippen molar-refractivity contribution >= 4 is 27.5 Å². The Morgan fingerprint density at radius 2 is 2.04 bits per heavy atom. The molecule has 124 valence electrons. The number of nitrogens with zero attached hydrogens (tertiary/aromatic N) is 3. The summed E-state index contributed by atoms with van der Waals surface area (Å²) in [5.74, 6) is -0.275. The predicted molar refractivity (Wildman–Crippen MR) is 95.4 cm³/mol. The van der Waals surface area contributed by atoms with Crippen molar-refractivity contribution in [3.05, 3.63) is 44.7 Å². The largest absolute Gasteiger partial charge is 0.358 e. The summed E-state index contributed by atoms with van der Waals surface area (Å²) in [5, 5.41) is 7.79. The van der Waals surface area contributed by atoms with Crippen LogP contribution in [0.25, 0.3) is 21.5 Å². The molecule has 0 saturated carbocycles. The summed E-state index contributed by atoms with van der Waals surface area (Å²) in [7, 11) is 1.53. The summed E-state index contributed by atoms with van der Waals surface area (Å²) in [4.78, 5) is 28.6. The van der Waals surface area contributed by atoms with Crippen LogP contribution in [-0.4, -0.2) is 27.7 Å². The van der Waals surface area contributed by atoms with Gasteiger partial charge in [-0.25, -0.2) is 9.67 Å². The standard InChI is InChI=1S/C17H18N4O2S/c1-9-5-6-12(10(2)7-9)14-16-15(19-11(3)24-16)17(23)21(20-14)8-13(22)18-4/h5-7H,8H2,1-4H3,(H,18,22). The van der Waals surface area contributed by atoms with E-state index in [9.17, 15) is 9.59 Å². The minimum atomic E-state index is -0.341. The number of aryl methyl sites for hydroxylation is 3. The van der Waals surface area contributed by atoms with Gasteiger partial charge < -0.3 is 5.32 Å². The van der Waals surface area contributed by atoms with E-state index in [1.54, 1.807) is 0 Å². The summed E-state index contributed by atoms with van der Waals surface area (Å²) in [6.45, 7) is 5.78. The molecule has 7 heteroatoms. The summed E-state index contributed by atoms with van der Waals surface area (Å²) >= 11 is 1.45. The zero-order chi connectivity index (χ0) is 17.4. The van der Waals surface area contributed by atoms with Crippen LogP contribution in [0.4, 0.5) is 0 Å². The summed E-state index contributed by atoms with van der Waals surface area (Å²) in [6.07, 6.45) is 0. The van der Waals surface area contributed by atoms with Gasteiger partial charge in [0.05, 0.1) is 9.71 Å². The third-order valence-corrected chi connectivity index (χ3v) is 4.79. The fourth-order valence-electron chi connectivity index (χ4n) is 2.64. The van der Waals surface area contributed by atoms with Gasteiger partial charge in [0.2, 0.25) is 5.91 Å². The number of likely N-dealkylation sites (N-methyl/N-ethyl adjacent to an activating group) is 1. The minimum Gasteiger partial charge on any atom is -0.358 e. The number of carbonyl (C=O) groups is 1. The minimum absolute atomic E-state index is 0.125. The van der Waals surface area contributed by atoms with Crippen molar-refractivity contribution in [2.45, 2.75) is 27.3 Å². The second kappa shape index (κ2) is 6.16. The van der Waals surface area contributed by atoms with Gasteiger partial charge in [-0.15, -0.1) is 11.3 Å². The van der Waals surface area contributed by atoms with Crippen LogP contribution >= 0.6 is 11.3 Å². The number of aromatic nitrogens is 3. The number of hydrogen-bond donors (Lipinski definition) is 1. The Morgan fingerprint density at radius 1 is 1.29 bits per heavy atom. The quantitative estimate of drug-likeness (QED) is 0.791. The Bertz CT molecular complexity index is 1000. The first kappa shape index (κ1) is 16.3. The SMILES string of the molecule is CNC(=O)Cn1nc(-c2ccc(C)cc2C)c2sc(C)nc2c1=O. The lowest BCUT2D eigenvalue weighted by atomic mass is 10.0. The number of rotatable bonds is 3. The number of thiazole rings is 1. The Balaban J connectivity index is 2.31. The van der Waals surface area contributed by atoms with Crippen molar-refractivity contribution in [1.29, 1.82) is 0 Å². The maximum atomic E-state index is 12.6. The number of fused-ring (bicyclic) bond motifs is 1. The van der Waals surface area contributed by atoms with E-state index >= 15 is 0 Å². The van der Waals surface area contributed by atoms with Crippen LogP contribution in [0.3, 0.4) is 0 Å². The maximum Gasteiger partial charge on any atom is 0.294 e. The predicted octanol–water partition coefficient (Wildman–Crippen LogP) is 2.19. The summed E-state index contributed by atoms with van der Waals surface area (Å²) in [5.41, 5.74) is 3.89. The van der Waals surface area contributed by atoms with Crippen molar-refractivity contribution in [2.24, 2.45) is 0 Å². The molecule has 0 aliphatic carbocycles. The van der Waals surface area contributed by atoms with E-state index in [1.807, 2.05) is 32.9 Å². The molecule has 3 rings (SSSR count). The van der Waals surface area contributed by atoms with Crippen LogP contribution in [0.2, 0.25) is 0 Å². The lowest BCUT2D eigenvalue weighted by Gasteiger charge is -2.10. The van der Waals surface area contributed by atoms with E-state index in [1.165, 1.54) is 23.1 Å². The topological polar surface area (TPSA) is 76.9 Å². The molecule has 6 nitrogen and oxygen atoms in total. The van der Waals surface area contributed by atoms with Gasteiger partial charge in [-0.2, -0.15) is 5.10 Å². The van der Waals surface area contributed by atoms with E-state index in [0.29, 0.717) is 11.2 Å². The van der Waals surface area contributed by atoms with Gasteiger partial charge in [0.1, 0.15) is 12.2 Å². The number of nitrogens with one attached hydrogen (secondary N) is 1. The number of benzene rings is 1. The molecule has 1 aromatic carbocycles. The molecule has 0 bridgehead atoms. The summed E-state index contributed by atoms with van der Waals surface area (Å²) in [6, 6.07) is 6.08. The lowest BCUT2D eigenvalue weighted by Crippen LogP contribution is -2.32. The zero-order valence-corrected chi connectivity index (χ0v) is 14.8. The van der Waals surface area contributed by atoms with Crippen molar-refractivity contribution in [1.82, 2.24) is 20.1 Å². The molecule has 0 atom stereocenters. The fraction of sp³-hybridized carbons (Fsp3) is 0.294. The summed E-state index contributed by atoms with van der Waals surface area (Å²) < 4.78 is 1.95. The van der Waals surface area contributed by atoms with Gasteiger partial charge in [0, 0.05) is 12.6 Å². The first-order chi connectivity index (χ1) is 11.4. The first-order valence-corrected chi connectivity index (χ1v) is 8.39. The van der Waals surface area contributed by atoms with Crippen LogP contribution in [0.5, 0.6) is 0 Å². The Morgan fingerprint density at radius 3 is 2.71 bits per heavy atom. The highest BCUT2D eigenvalue weighted by Gasteiger charge is 2.18. The van der Waals surface area contributed by atoms with Crippen LogP contribution < -0.4 is 10.9 Å². The molecule has 24 heavy (non-hydrogen) atoms. The van der Waals surface area contributed by atoms with Crippen LogP contribution in [-0.2, 0) is 11.3 Å². The Hall–Kier alpha value is -2.54. The number of amides is 1. The Kier molecular flexibility index (Phi) is 4.19. The average Bonchev–Trinajstić information content (AvgIpc) is 2.92. The van der Waals surface area contributed by atoms with E-state index in [0.717, 1.165) is 26.4 Å². The van der Waals surface area contributed by atoms with Crippen molar-refractivity contribution in [3.8, 4) is 11.3 Å². The number of carbonyl (C=O) groups excluding carboxylic acids is 1. The van der Waals surface area contributed by atoms with Gasteiger partial charge >= 0.3 is 0 Å². The molecular weight excluding hydrogens is 324 g/mol. The lowest BCUT2D eigenvalue weighted by molar-refractivity contribution is -0.121. The first-order valence-electron chi connectivity index (χ1n) is 7.57. The molecule has 3 aromatic rings. The third kappa shape index (κ3) is 2.82. The Labute approximate surface area is 143 Å². The molecule has 1 amide bonds. The molecule has 0 unspecified atom stereocenters. The second-order valence-electron chi connectivity index (χ2n) is 5.71. The third-order valence-electron chi connectivity index (χ3n) is 3.82. The molecule has 2 aromatic heterocycles. The van der Waals surface area contributed by atoms with Crippen molar-refractivity contribution < 1.29 is 4.79 Å². The van der Waals surface area contributed by atoms with E-state index < -0.39 is 0 Å². The van der Waals surface area contributed by atoms with Crippen molar-refractivity contribution in [2.75, 3.05) is 7.05 Å². The highest BCUT2D eigenvalue weighted by atomic mass is 32.1. The van der Waals surface area contributed by atoms with Crippen LogP contribution in [0, 0.1) is 20.8 Å². The van der Waals surface area contributed by atoms with E-state index in [4.69, 9.17) is 0 Å². The second-order valence-corrected chi connectivity index (χ2v) is 6.92.